The second-order valence-electron chi connectivity index (χ2n) is 8.64. The summed E-state index contributed by atoms with van der Waals surface area (Å²) in [6.07, 6.45) is 6.68. The van der Waals surface area contributed by atoms with E-state index in [2.05, 4.69) is 11.2 Å². The predicted molar refractivity (Wildman–Crippen MR) is 140 cm³/mol. The zero-order chi connectivity index (χ0) is 27.4. The van der Waals surface area contributed by atoms with Crippen LogP contribution >= 0.6 is 0 Å². The molecule has 4 N–H and O–H groups in total. The van der Waals surface area contributed by atoms with Crippen molar-refractivity contribution in [2.45, 2.75) is 25.7 Å². The molecule has 0 spiro atoms. The van der Waals surface area contributed by atoms with Crippen molar-refractivity contribution in [2.75, 3.05) is 6.54 Å². The molecule has 2 aromatic rings. The number of carboxylic acids is 2. The number of terminal acetylenes is 1. The summed E-state index contributed by atoms with van der Waals surface area (Å²) in [4.78, 5) is 47.9. The van der Waals surface area contributed by atoms with Crippen molar-refractivity contribution in [3.8, 4) is 40.5 Å². The highest BCUT2D eigenvalue weighted by atomic mass is 16.4. The Kier molecular flexibility index (Phi) is 7.44. The SMILES string of the molecule is C#CCCCNC(=O)CCc1cc2c(-c3ccc(C(=O)O)cc3C(=O)O)c3ccc(=O)cc-3oc2cc1O. The van der Waals surface area contributed by atoms with Crippen LogP contribution in [0, 0.1) is 12.3 Å². The van der Waals surface area contributed by atoms with Crippen molar-refractivity contribution in [3.05, 3.63) is 75.4 Å². The molecule has 192 valence electrons. The number of hydrogen-bond donors (Lipinski definition) is 4. The molecule has 1 aliphatic carbocycles. The Morgan fingerprint density at radius 3 is 2.45 bits per heavy atom. The molecule has 0 aromatic heterocycles. The maximum absolute atomic E-state index is 12.3. The van der Waals surface area contributed by atoms with Gasteiger partial charge >= 0.3 is 11.9 Å². The Balaban J connectivity index is 1.87. The largest absolute Gasteiger partial charge is 0.508 e. The lowest BCUT2D eigenvalue weighted by Gasteiger charge is -2.18. The maximum atomic E-state index is 12.3. The zero-order valence-corrected chi connectivity index (χ0v) is 20.1. The van der Waals surface area contributed by atoms with Crippen molar-refractivity contribution in [1.82, 2.24) is 5.32 Å². The number of benzene rings is 3. The lowest BCUT2D eigenvalue weighted by atomic mass is 9.89. The van der Waals surface area contributed by atoms with Gasteiger partial charge < -0.3 is 25.1 Å². The highest BCUT2D eigenvalue weighted by Gasteiger charge is 2.24. The molecule has 1 heterocycles. The summed E-state index contributed by atoms with van der Waals surface area (Å²) in [5, 5.41) is 33.1. The fourth-order valence-corrected chi connectivity index (χ4v) is 4.27. The summed E-state index contributed by atoms with van der Waals surface area (Å²) in [6.45, 7) is 0.438. The van der Waals surface area contributed by atoms with Crippen LogP contribution in [0.2, 0.25) is 0 Å². The van der Waals surface area contributed by atoms with Gasteiger partial charge in [-0.1, -0.05) is 6.07 Å². The fraction of sp³-hybridized carbons (Fsp3) is 0.172. The number of carboxylic acid groups (broad SMARTS) is 2. The third-order valence-corrected chi connectivity index (χ3v) is 6.10. The molecule has 0 saturated heterocycles. The van der Waals surface area contributed by atoms with Gasteiger partial charge in [0.05, 0.1) is 11.1 Å². The summed E-state index contributed by atoms with van der Waals surface area (Å²) >= 11 is 0. The number of carbonyl (C=O) groups excluding carboxylic acids is 1. The van der Waals surface area contributed by atoms with Crippen LogP contribution in [0.15, 0.2) is 57.7 Å². The van der Waals surface area contributed by atoms with E-state index < -0.39 is 11.9 Å². The number of nitrogens with one attached hydrogen (secondary N) is 1. The second-order valence-corrected chi connectivity index (χ2v) is 8.64. The minimum atomic E-state index is -1.34. The number of phenols is 1. The molecule has 0 bridgehead atoms. The van der Waals surface area contributed by atoms with Gasteiger partial charge in [-0.2, -0.15) is 0 Å². The van der Waals surface area contributed by atoms with E-state index in [-0.39, 0.29) is 58.0 Å². The van der Waals surface area contributed by atoms with Gasteiger partial charge in [-0.15, -0.1) is 12.3 Å². The van der Waals surface area contributed by atoms with Crippen LogP contribution in [0.1, 0.15) is 45.5 Å². The third-order valence-electron chi connectivity index (χ3n) is 6.10. The second kappa shape index (κ2) is 10.9. The van der Waals surface area contributed by atoms with E-state index in [4.69, 9.17) is 10.8 Å². The van der Waals surface area contributed by atoms with Crippen LogP contribution in [0.25, 0.3) is 33.4 Å². The third kappa shape index (κ3) is 5.34. The van der Waals surface area contributed by atoms with E-state index in [1.807, 2.05) is 0 Å². The number of aromatic hydroxyl groups is 1. The number of amides is 1. The fourth-order valence-electron chi connectivity index (χ4n) is 4.27. The summed E-state index contributed by atoms with van der Waals surface area (Å²) in [7, 11) is 0. The van der Waals surface area contributed by atoms with Crippen molar-refractivity contribution >= 4 is 28.8 Å². The first-order chi connectivity index (χ1) is 18.2. The van der Waals surface area contributed by atoms with E-state index >= 15 is 0 Å². The first-order valence-electron chi connectivity index (χ1n) is 11.7. The Morgan fingerprint density at radius 2 is 1.74 bits per heavy atom. The first-order valence-corrected chi connectivity index (χ1v) is 11.7. The lowest BCUT2D eigenvalue weighted by molar-refractivity contribution is -0.121. The van der Waals surface area contributed by atoms with E-state index in [9.17, 15) is 34.5 Å². The standard InChI is InChI=1S/C29H23NO8/c1-2-3-4-11-30-26(33)10-6-16-12-22-25(15-23(16)32)38-24-14-18(31)7-9-20(24)27(22)19-8-5-17(28(34)35)13-21(19)29(36)37/h1,5,7-9,12-15,32H,3-4,6,10-11H2,(H,30,33)(H,34,35)(H,36,37). The molecule has 0 radical (unpaired) electrons. The lowest BCUT2D eigenvalue weighted by Crippen LogP contribution is -2.24. The summed E-state index contributed by atoms with van der Waals surface area (Å²) in [5.74, 6) is -0.308. The van der Waals surface area contributed by atoms with Crippen LogP contribution in [-0.4, -0.2) is 39.7 Å². The average molecular weight is 514 g/mol. The normalized spacial score (nSPS) is 10.8. The topological polar surface area (TPSA) is 154 Å². The number of unbranched alkanes of at least 4 members (excludes halogenated alkanes) is 1. The quantitative estimate of drug-likeness (QED) is 0.148. The van der Waals surface area contributed by atoms with E-state index in [1.165, 1.54) is 36.4 Å². The highest BCUT2D eigenvalue weighted by Crippen LogP contribution is 2.43. The van der Waals surface area contributed by atoms with Crippen LogP contribution in [0.5, 0.6) is 5.75 Å². The number of aryl methyl sites for hydroxylation is 1. The van der Waals surface area contributed by atoms with Crippen molar-refractivity contribution in [3.63, 3.8) is 0 Å². The zero-order valence-electron chi connectivity index (χ0n) is 20.1. The Morgan fingerprint density at radius 1 is 0.974 bits per heavy atom. The minimum absolute atomic E-state index is 0.0857. The number of carbonyl (C=O) groups is 3. The minimum Gasteiger partial charge on any atom is -0.508 e. The average Bonchev–Trinajstić information content (AvgIpc) is 2.88. The van der Waals surface area contributed by atoms with Gasteiger partial charge in [-0.25, -0.2) is 9.59 Å². The van der Waals surface area contributed by atoms with E-state index in [0.29, 0.717) is 41.5 Å². The summed E-state index contributed by atoms with van der Waals surface area (Å²) in [6, 6.07) is 10.8. The molecule has 2 aromatic carbocycles. The van der Waals surface area contributed by atoms with Gasteiger partial charge in [0.2, 0.25) is 5.91 Å². The van der Waals surface area contributed by atoms with Gasteiger partial charge in [-0.3, -0.25) is 9.59 Å². The van der Waals surface area contributed by atoms with Crippen molar-refractivity contribution < 1.29 is 34.1 Å². The molecule has 0 fully saturated rings. The molecular formula is C29H23NO8. The van der Waals surface area contributed by atoms with Gasteiger partial charge in [0.15, 0.2) is 5.43 Å². The predicted octanol–water partition coefficient (Wildman–Crippen LogP) is 4.13. The molecule has 1 amide bonds. The molecular weight excluding hydrogens is 490 g/mol. The first kappa shape index (κ1) is 26.0. The Labute approximate surface area is 216 Å². The number of hydrogen-bond acceptors (Lipinski definition) is 6. The molecule has 0 atom stereocenters. The Hall–Kier alpha value is -5.10. The maximum Gasteiger partial charge on any atom is 0.336 e. The number of aromatic carboxylic acids is 2. The van der Waals surface area contributed by atoms with E-state index in [1.54, 1.807) is 6.07 Å². The van der Waals surface area contributed by atoms with Gasteiger partial charge in [0, 0.05) is 48.0 Å². The number of phenolic OH excluding ortho intramolecular Hbond substituents is 1. The molecule has 1 aliphatic heterocycles. The summed E-state index contributed by atoms with van der Waals surface area (Å²) < 4.78 is 5.89. The molecule has 2 aliphatic rings. The molecule has 38 heavy (non-hydrogen) atoms. The monoisotopic (exact) mass is 513 g/mol. The molecule has 0 unspecified atom stereocenters. The van der Waals surface area contributed by atoms with Gasteiger partial charge in [0.25, 0.3) is 0 Å². The van der Waals surface area contributed by atoms with Crippen LogP contribution < -0.4 is 10.7 Å². The van der Waals surface area contributed by atoms with Crippen molar-refractivity contribution in [2.24, 2.45) is 0 Å². The summed E-state index contributed by atoms with van der Waals surface area (Å²) in [5.41, 5.74) is 0.819. The molecule has 4 rings (SSSR count). The van der Waals surface area contributed by atoms with E-state index in [0.717, 1.165) is 6.07 Å². The Bertz CT molecular complexity index is 1640. The smallest absolute Gasteiger partial charge is 0.336 e. The van der Waals surface area contributed by atoms with Crippen molar-refractivity contribution in [1.29, 1.82) is 0 Å². The molecule has 0 saturated carbocycles. The number of rotatable bonds is 9. The highest BCUT2D eigenvalue weighted by molar-refractivity contribution is 6.08. The molecule has 9 nitrogen and oxygen atoms in total. The van der Waals surface area contributed by atoms with Gasteiger partial charge in [-0.05, 0) is 54.3 Å². The van der Waals surface area contributed by atoms with Crippen LogP contribution in [-0.2, 0) is 11.2 Å². The molecule has 9 heteroatoms. The number of fused-ring (bicyclic) bond motifs is 2. The van der Waals surface area contributed by atoms with Crippen LogP contribution in [0.3, 0.4) is 0 Å². The van der Waals surface area contributed by atoms with Crippen LogP contribution in [0.4, 0.5) is 0 Å². The van der Waals surface area contributed by atoms with Gasteiger partial charge in [0.1, 0.15) is 17.1 Å².